The molecule has 1 aliphatic carbocycles. The highest BCUT2D eigenvalue weighted by Gasteiger charge is 2.36. The lowest BCUT2D eigenvalue weighted by atomic mass is 9.66. The summed E-state index contributed by atoms with van der Waals surface area (Å²) in [6, 6.07) is 8.12. The summed E-state index contributed by atoms with van der Waals surface area (Å²) >= 11 is 6.05. The van der Waals surface area contributed by atoms with Crippen molar-refractivity contribution in [2.24, 2.45) is 17.1 Å². The van der Waals surface area contributed by atoms with E-state index in [1.165, 1.54) is 18.4 Å². The van der Waals surface area contributed by atoms with Crippen LogP contribution in [-0.4, -0.2) is 5.54 Å². The Morgan fingerprint density at radius 2 is 1.89 bits per heavy atom. The zero-order valence-corrected chi connectivity index (χ0v) is 13.1. The van der Waals surface area contributed by atoms with Crippen molar-refractivity contribution < 1.29 is 0 Å². The highest BCUT2D eigenvalue weighted by molar-refractivity contribution is 6.30. The number of nitrogens with two attached hydrogens (primary N) is 1. The third-order valence-corrected chi connectivity index (χ3v) is 4.89. The van der Waals surface area contributed by atoms with E-state index in [0.717, 1.165) is 30.2 Å². The monoisotopic (exact) mass is 279 g/mol. The van der Waals surface area contributed by atoms with Gasteiger partial charge in [0.15, 0.2) is 0 Å². The molecule has 1 nitrogen and oxygen atoms in total. The number of rotatable bonds is 2. The molecule has 19 heavy (non-hydrogen) atoms. The van der Waals surface area contributed by atoms with Gasteiger partial charge in [-0.05, 0) is 61.1 Å². The van der Waals surface area contributed by atoms with E-state index in [2.05, 4.69) is 26.8 Å². The van der Waals surface area contributed by atoms with Crippen LogP contribution in [0.25, 0.3) is 0 Å². The Kier molecular flexibility index (Phi) is 4.27. The standard InChI is InChI=1S/C17H26ClN/c1-16(2,3)14-7-9-17(19,10-8-14)12-13-5-4-6-15(18)11-13/h4-6,11,14H,7-10,12,19H2,1-3H3. The van der Waals surface area contributed by atoms with E-state index in [-0.39, 0.29) is 5.54 Å². The van der Waals surface area contributed by atoms with Gasteiger partial charge in [-0.3, -0.25) is 0 Å². The summed E-state index contributed by atoms with van der Waals surface area (Å²) < 4.78 is 0. The molecule has 0 bridgehead atoms. The minimum absolute atomic E-state index is 0.0353. The molecule has 0 unspecified atom stereocenters. The Bertz CT molecular complexity index is 425. The number of benzene rings is 1. The smallest absolute Gasteiger partial charge is 0.0408 e. The molecule has 0 amide bonds. The number of hydrogen-bond donors (Lipinski definition) is 1. The molecule has 0 saturated heterocycles. The molecule has 2 heteroatoms. The average molecular weight is 280 g/mol. The zero-order valence-electron chi connectivity index (χ0n) is 12.4. The fourth-order valence-corrected chi connectivity index (χ4v) is 3.50. The Morgan fingerprint density at radius 1 is 1.26 bits per heavy atom. The molecule has 1 aromatic carbocycles. The second-order valence-corrected chi connectivity index (χ2v) is 7.75. The molecule has 1 fully saturated rings. The van der Waals surface area contributed by atoms with Crippen LogP contribution in [0.3, 0.4) is 0 Å². The number of hydrogen-bond acceptors (Lipinski definition) is 1. The van der Waals surface area contributed by atoms with Gasteiger partial charge in [-0.25, -0.2) is 0 Å². The van der Waals surface area contributed by atoms with Gasteiger partial charge in [-0.2, -0.15) is 0 Å². The van der Waals surface area contributed by atoms with Crippen molar-refractivity contribution in [3.63, 3.8) is 0 Å². The highest BCUT2D eigenvalue weighted by Crippen LogP contribution is 2.41. The van der Waals surface area contributed by atoms with E-state index < -0.39 is 0 Å². The molecular weight excluding hydrogens is 254 g/mol. The zero-order chi connectivity index (χ0) is 14.1. The molecule has 0 aliphatic heterocycles. The lowest BCUT2D eigenvalue weighted by Crippen LogP contribution is -2.46. The van der Waals surface area contributed by atoms with Crippen LogP contribution in [0.2, 0.25) is 5.02 Å². The van der Waals surface area contributed by atoms with Gasteiger partial charge in [-0.15, -0.1) is 0 Å². The van der Waals surface area contributed by atoms with Gasteiger partial charge >= 0.3 is 0 Å². The molecule has 1 aliphatic rings. The van der Waals surface area contributed by atoms with Gasteiger partial charge in [-0.1, -0.05) is 44.5 Å². The predicted octanol–water partition coefficient (Wildman–Crippen LogP) is 4.82. The lowest BCUT2D eigenvalue weighted by molar-refractivity contribution is 0.134. The van der Waals surface area contributed by atoms with Gasteiger partial charge in [0, 0.05) is 10.6 Å². The van der Waals surface area contributed by atoms with Gasteiger partial charge in [0.05, 0.1) is 0 Å². The summed E-state index contributed by atoms with van der Waals surface area (Å²) in [7, 11) is 0. The van der Waals surface area contributed by atoms with Crippen LogP contribution in [0.15, 0.2) is 24.3 Å². The molecule has 1 saturated carbocycles. The first kappa shape index (κ1) is 14.9. The Hall–Kier alpha value is -0.530. The second-order valence-electron chi connectivity index (χ2n) is 7.31. The van der Waals surface area contributed by atoms with Crippen LogP contribution in [-0.2, 0) is 6.42 Å². The maximum atomic E-state index is 6.60. The fourth-order valence-electron chi connectivity index (χ4n) is 3.29. The predicted molar refractivity (Wildman–Crippen MR) is 83.5 cm³/mol. The molecule has 1 aromatic rings. The largest absolute Gasteiger partial charge is 0.325 e. The molecular formula is C17H26ClN. The molecule has 0 radical (unpaired) electrons. The van der Waals surface area contributed by atoms with Gasteiger partial charge in [0.1, 0.15) is 0 Å². The van der Waals surface area contributed by atoms with E-state index in [1.807, 2.05) is 18.2 Å². The van der Waals surface area contributed by atoms with Gasteiger partial charge < -0.3 is 5.73 Å². The molecule has 0 heterocycles. The second kappa shape index (κ2) is 5.46. The quantitative estimate of drug-likeness (QED) is 0.825. The molecule has 0 atom stereocenters. The summed E-state index contributed by atoms with van der Waals surface area (Å²) in [6.07, 6.45) is 5.70. The molecule has 2 N–H and O–H groups in total. The van der Waals surface area contributed by atoms with E-state index >= 15 is 0 Å². The summed E-state index contributed by atoms with van der Waals surface area (Å²) in [5.74, 6) is 0.809. The van der Waals surface area contributed by atoms with Crippen molar-refractivity contribution in [2.45, 2.75) is 58.4 Å². The lowest BCUT2D eigenvalue weighted by Gasteiger charge is -2.42. The van der Waals surface area contributed by atoms with Crippen molar-refractivity contribution in [3.8, 4) is 0 Å². The number of halogens is 1. The van der Waals surface area contributed by atoms with Gasteiger partial charge in [0.2, 0.25) is 0 Å². The third-order valence-electron chi connectivity index (χ3n) is 4.65. The van der Waals surface area contributed by atoms with Crippen molar-refractivity contribution in [1.29, 1.82) is 0 Å². The third kappa shape index (κ3) is 3.97. The van der Waals surface area contributed by atoms with Crippen molar-refractivity contribution in [1.82, 2.24) is 0 Å². The van der Waals surface area contributed by atoms with Crippen molar-refractivity contribution in [3.05, 3.63) is 34.9 Å². The minimum atomic E-state index is -0.0353. The SMILES string of the molecule is CC(C)(C)C1CCC(N)(Cc2cccc(Cl)c2)CC1. The van der Waals surface area contributed by atoms with Crippen LogP contribution in [0.1, 0.15) is 52.0 Å². The first-order valence-corrected chi connectivity index (χ1v) is 7.70. The fraction of sp³-hybridized carbons (Fsp3) is 0.647. The Morgan fingerprint density at radius 3 is 2.42 bits per heavy atom. The topological polar surface area (TPSA) is 26.0 Å². The van der Waals surface area contributed by atoms with Crippen molar-refractivity contribution in [2.75, 3.05) is 0 Å². The average Bonchev–Trinajstić information content (AvgIpc) is 2.27. The van der Waals surface area contributed by atoms with Crippen LogP contribution in [0.4, 0.5) is 0 Å². The van der Waals surface area contributed by atoms with Crippen LogP contribution < -0.4 is 5.73 Å². The van der Waals surface area contributed by atoms with Crippen molar-refractivity contribution >= 4 is 11.6 Å². The van der Waals surface area contributed by atoms with E-state index in [4.69, 9.17) is 17.3 Å². The summed E-state index contributed by atoms with van der Waals surface area (Å²) in [5, 5.41) is 0.810. The molecule has 0 aromatic heterocycles. The maximum absolute atomic E-state index is 6.60. The summed E-state index contributed by atoms with van der Waals surface area (Å²) in [5.41, 5.74) is 8.25. The van der Waals surface area contributed by atoms with E-state index in [1.54, 1.807) is 0 Å². The first-order valence-electron chi connectivity index (χ1n) is 7.32. The molecule has 106 valence electrons. The highest BCUT2D eigenvalue weighted by atomic mass is 35.5. The molecule has 0 spiro atoms. The van der Waals surface area contributed by atoms with E-state index in [9.17, 15) is 0 Å². The van der Waals surface area contributed by atoms with Crippen LogP contribution >= 0.6 is 11.6 Å². The summed E-state index contributed by atoms with van der Waals surface area (Å²) in [4.78, 5) is 0. The normalized spacial score (nSPS) is 28.4. The van der Waals surface area contributed by atoms with Crippen LogP contribution in [0.5, 0.6) is 0 Å². The maximum Gasteiger partial charge on any atom is 0.0408 e. The van der Waals surface area contributed by atoms with Crippen LogP contribution in [0, 0.1) is 11.3 Å². The van der Waals surface area contributed by atoms with E-state index in [0.29, 0.717) is 5.41 Å². The Balaban J connectivity index is 1.99. The Labute approximate surface area is 122 Å². The van der Waals surface area contributed by atoms with Gasteiger partial charge in [0.25, 0.3) is 0 Å². The molecule has 2 rings (SSSR count). The first-order chi connectivity index (χ1) is 8.78. The minimum Gasteiger partial charge on any atom is -0.325 e. The summed E-state index contributed by atoms with van der Waals surface area (Å²) in [6.45, 7) is 7.04.